The Hall–Kier alpha value is -2.38. The van der Waals surface area contributed by atoms with Crippen LogP contribution in [-0.4, -0.2) is 27.2 Å². The number of rotatable bonds is 8. The zero-order chi connectivity index (χ0) is 20.9. The summed E-state index contributed by atoms with van der Waals surface area (Å²) in [6.07, 6.45) is 0. The van der Waals surface area contributed by atoms with Crippen LogP contribution in [-0.2, 0) is 12.0 Å². The van der Waals surface area contributed by atoms with Gasteiger partial charge in [-0.2, -0.15) is 0 Å². The highest BCUT2D eigenvalue weighted by molar-refractivity contribution is 7.99. The molecule has 1 heterocycles. The first-order valence-electron chi connectivity index (χ1n) is 9.27. The Bertz CT molecular complexity index is 939. The van der Waals surface area contributed by atoms with Crippen molar-refractivity contribution >= 4 is 23.4 Å². The summed E-state index contributed by atoms with van der Waals surface area (Å²) >= 11 is 7.41. The topological polar surface area (TPSA) is 75.2 Å². The van der Waals surface area contributed by atoms with Gasteiger partial charge in [-0.25, -0.2) is 4.68 Å². The second-order valence-corrected chi connectivity index (χ2v) is 8.98. The average Bonchev–Trinajstić information content (AvgIpc) is 3.03. The van der Waals surface area contributed by atoms with E-state index in [9.17, 15) is 0 Å². The van der Waals surface area contributed by atoms with E-state index < -0.39 is 0 Å². The van der Waals surface area contributed by atoms with E-state index in [4.69, 9.17) is 26.9 Å². The van der Waals surface area contributed by atoms with E-state index in [0.29, 0.717) is 28.4 Å². The van der Waals surface area contributed by atoms with Crippen molar-refractivity contribution in [1.82, 2.24) is 14.9 Å². The fourth-order valence-electron chi connectivity index (χ4n) is 2.55. The fraction of sp³-hybridized carbons (Fsp3) is 0.333. The maximum Gasteiger partial charge on any atom is 0.210 e. The molecule has 29 heavy (non-hydrogen) atoms. The fourth-order valence-corrected chi connectivity index (χ4v) is 3.42. The lowest BCUT2D eigenvalue weighted by molar-refractivity contribution is 0.291. The number of aromatic nitrogens is 3. The number of benzene rings is 2. The third-order valence-electron chi connectivity index (χ3n) is 4.20. The van der Waals surface area contributed by atoms with E-state index in [1.807, 2.05) is 30.3 Å². The van der Waals surface area contributed by atoms with Crippen LogP contribution in [0.5, 0.6) is 11.5 Å². The Morgan fingerprint density at radius 1 is 1.03 bits per heavy atom. The number of hydrogen-bond donors (Lipinski definition) is 1. The van der Waals surface area contributed by atoms with Gasteiger partial charge in [0.05, 0.1) is 6.61 Å². The van der Waals surface area contributed by atoms with Crippen LogP contribution in [0, 0.1) is 0 Å². The first-order chi connectivity index (χ1) is 13.8. The molecule has 6 nitrogen and oxygen atoms in total. The van der Waals surface area contributed by atoms with Gasteiger partial charge in [-0.3, -0.25) is 0 Å². The van der Waals surface area contributed by atoms with Crippen LogP contribution >= 0.6 is 23.4 Å². The number of thioether (sulfide) groups is 1. The summed E-state index contributed by atoms with van der Waals surface area (Å²) < 4.78 is 12.9. The second kappa shape index (κ2) is 9.41. The number of halogens is 1. The molecule has 3 rings (SSSR count). The van der Waals surface area contributed by atoms with E-state index in [1.165, 1.54) is 22.0 Å². The molecule has 2 N–H and O–H groups in total. The highest BCUT2D eigenvalue weighted by Crippen LogP contribution is 2.25. The first kappa shape index (κ1) is 21.3. The van der Waals surface area contributed by atoms with Crippen molar-refractivity contribution in [2.24, 2.45) is 0 Å². The summed E-state index contributed by atoms with van der Waals surface area (Å²) in [6.45, 7) is 7.29. The Labute approximate surface area is 180 Å². The Morgan fingerprint density at radius 3 is 2.48 bits per heavy atom. The van der Waals surface area contributed by atoms with Crippen LogP contribution in [0.25, 0.3) is 0 Å². The van der Waals surface area contributed by atoms with Crippen LogP contribution in [0.2, 0.25) is 5.02 Å². The van der Waals surface area contributed by atoms with Gasteiger partial charge in [0.15, 0.2) is 5.82 Å². The maximum atomic E-state index is 6.09. The predicted molar refractivity (Wildman–Crippen MR) is 117 cm³/mol. The Kier molecular flexibility index (Phi) is 6.92. The van der Waals surface area contributed by atoms with Crippen molar-refractivity contribution in [3.8, 4) is 11.5 Å². The number of ether oxygens (including phenoxy) is 2. The van der Waals surface area contributed by atoms with Crippen LogP contribution in [0.4, 0.5) is 0 Å². The third-order valence-corrected chi connectivity index (χ3v) is 5.35. The Morgan fingerprint density at radius 2 is 1.79 bits per heavy atom. The number of nitrogens with zero attached hydrogens (tertiary/aromatic N) is 3. The van der Waals surface area contributed by atoms with Crippen LogP contribution in [0.15, 0.2) is 53.7 Å². The van der Waals surface area contributed by atoms with Gasteiger partial charge in [0.1, 0.15) is 18.1 Å². The van der Waals surface area contributed by atoms with Gasteiger partial charge >= 0.3 is 0 Å². The zero-order valence-electron chi connectivity index (χ0n) is 16.8. The van der Waals surface area contributed by atoms with Gasteiger partial charge in [0.25, 0.3) is 0 Å². The van der Waals surface area contributed by atoms with Crippen molar-refractivity contribution in [2.45, 2.75) is 37.9 Å². The molecule has 154 valence electrons. The molecule has 0 saturated heterocycles. The summed E-state index contributed by atoms with van der Waals surface area (Å²) in [4.78, 5) is 0. The van der Waals surface area contributed by atoms with Gasteiger partial charge in [0.2, 0.25) is 5.16 Å². The van der Waals surface area contributed by atoms with E-state index in [1.54, 1.807) is 6.07 Å². The molecule has 0 amide bonds. The van der Waals surface area contributed by atoms with Crippen LogP contribution < -0.4 is 15.3 Å². The van der Waals surface area contributed by atoms with Crippen molar-refractivity contribution in [2.75, 3.05) is 18.2 Å². The number of nitrogens with two attached hydrogens (primary N) is 1. The summed E-state index contributed by atoms with van der Waals surface area (Å²) in [7, 11) is 0. The minimum Gasteiger partial charge on any atom is -0.493 e. The minimum atomic E-state index is 0.110. The van der Waals surface area contributed by atoms with Gasteiger partial charge in [-0.05, 0) is 41.3 Å². The van der Waals surface area contributed by atoms with Crippen LogP contribution in [0.3, 0.4) is 0 Å². The molecule has 0 aliphatic heterocycles. The van der Waals surface area contributed by atoms with Crippen LogP contribution in [0.1, 0.15) is 32.2 Å². The standard InChI is InChI=1S/C21H25ClN4O2S/c1-21(2,3)15-7-9-17(10-8-15)28-14-19-24-25-20(26(19)23)29-12-11-27-18-6-4-5-16(22)13-18/h4-10,13H,11-12,14,23H2,1-3H3. The molecule has 0 bridgehead atoms. The molecule has 0 saturated carbocycles. The molecule has 0 unspecified atom stereocenters. The molecule has 8 heteroatoms. The Balaban J connectivity index is 1.47. The van der Waals surface area contributed by atoms with Crippen molar-refractivity contribution in [3.63, 3.8) is 0 Å². The van der Waals surface area contributed by atoms with Gasteiger partial charge in [0, 0.05) is 10.8 Å². The quantitative estimate of drug-likeness (QED) is 0.316. The largest absolute Gasteiger partial charge is 0.493 e. The first-order valence-corrected chi connectivity index (χ1v) is 10.6. The summed E-state index contributed by atoms with van der Waals surface area (Å²) in [5.74, 6) is 8.83. The normalized spacial score (nSPS) is 11.4. The average molecular weight is 433 g/mol. The lowest BCUT2D eigenvalue weighted by Gasteiger charge is -2.19. The smallest absolute Gasteiger partial charge is 0.210 e. The molecule has 2 aromatic carbocycles. The molecular formula is C21H25ClN4O2S. The number of nitrogen functional groups attached to an aromatic ring is 1. The zero-order valence-corrected chi connectivity index (χ0v) is 18.3. The lowest BCUT2D eigenvalue weighted by atomic mass is 9.87. The summed E-state index contributed by atoms with van der Waals surface area (Å²) in [5.41, 5.74) is 1.36. The maximum absolute atomic E-state index is 6.09. The molecule has 0 radical (unpaired) electrons. The van der Waals surface area contributed by atoms with E-state index >= 15 is 0 Å². The van der Waals surface area contributed by atoms with E-state index in [-0.39, 0.29) is 12.0 Å². The van der Waals surface area contributed by atoms with Gasteiger partial charge < -0.3 is 15.3 Å². The molecule has 1 aromatic heterocycles. The monoisotopic (exact) mass is 432 g/mol. The molecule has 0 fully saturated rings. The molecule has 0 aliphatic rings. The lowest BCUT2D eigenvalue weighted by Crippen LogP contribution is -2.16. The number of hydrogen-bond acceptors (Lipinski definition) is 6. The molecule has 3 aromatic rings. The van der Waals surface area contributed by atoms with E-state index in [0.717, 1.165) is 11.5 Å². The van der Waals surface area contributed by atoms with Crippen molar-refractivity contribution in [1.29, 1.82) is 0 Å². The second-order valence-electron chi connectivity index (χ2n) is 7.49. The highest BCUT2D eigenvalue weighted by atomic mass is 35.5. The minimum absolute atomic E-state index is 0.110. The van der Waals surface area contributed by atoms with Gasteiger partial charge in [-0.15, -0.1) is 10.2 Å². The predicted octanol–water partition coefficient (Wildman–Crippen LogP) is 4.69. The summed E-state index contributed by atoms with van der Waals surface area (Å²) in [5, 5.41) is 9.51. The molecule has 0 spiro atoms. The highest BCUT2D eigenvalue weighted by Gasteiger charge is 2.14. The molecular weight excluding hydrogens is 408 g/mol. The third kappa shape index (κ3) is 6.05. The molecule has 0 atom stereocenters. The van der Waals surface area contributed by atoms with Gasteiger partial charge in [-0.1, -0.05) is 62.3 Å². The molecule has 0 aliphatic carbocycles. The van der Waals surface area contributed by atoms with Crippen molar-refractivity contribution < 1.29 is 9.47 Å². The summed E-state index contributed by atoms with van der Waals surface area (Å²) in [6, 6.07) is 15.4. The SMILES string of the molecule is CC(C)(C)c1ccc(OCc2nnc(SCCOc3cccc(Cl)c3)n2N)cc1. The van der Waals surface area contributed by atoms with Crippen molar-refractivity contribution in [3.05, 3.63) is 64.9 Å². The van der Waals surface area contributed by atoms with E-state index in [2.05, 4.69) is 43.1 Å².